The first-order chi connectivity index (χ1) is 7.59. The Morgan fingerprint density at radius 1 is 1.38 bits per heavy atom. The molecule has 0 amide bonds. The molecule has 1 unspecified atom stereocenters. The van der Waals surface area contributed by atoms with E-state index < -0.39 is 12.0 Å². The molecule has 1 aromatic rings. The van der Waals surface area contributed by atoms with Gasteiger partial charge in [0.1, 0.15) is 6.04 Å². The summed E-state index contributed by atoms with van der Waals surface area (Å²) in [6.07, 6.45) is 4.23. The lowest BCUT2D eigenvalue weighted by Crippen LogP contribution is -2.21. The number of halogens is 1. The highest BCUT2D eigenvalue weighted by molar-refractivity contribution is 6.31. The zero-order valence-corrected chi connectivity index (χ0v) is 9.63. The van der Waals surface area contributed by atoms with Gasteiger partial charge in [-0.1, -0.05) is 17.7 Å². The molecule has 0 heterocycles. The van der Waals surface area contributed by atoms with Crippen LogP contribution in [0.2, 0.25) is 5.02 Å². The zero-order chi connectivity index (χ0) is 11.7. The van der Waals surface area contributed by atoms with Crippen molar-refractivity contribution in [3.05, 3.63) is 33.8 Å². The Bertz CT molecular complexity index is 431. The number of carbonyl (C=O) groups is 1. The summed E-state index contributed by atoms with van der Waals surface area (Å²) in [6, 6.07) is 2.59. The number of carboxylic acid groups (broad SMARTS) is 1. The van der Waals surface area contributed by atoms with Gasteiger partial charge in [0.15, 0.2) is 0 Å². The van der Waals surface area contributed by atoms with Crippen molar-refractivity contribution in [3.8, 4) is 0 Å². The highest BCUT2D eigenvalue weighted by Crippen LogP contribution is 2.30. The molecule has 2 rings (SSSR count). The Hall–Kier alpha value is -1.06. The third-order valence-corrected chi connectivity index (χ3v) is 3.40. The molecule has 0 fully saturated rings. The lowest BCUT2D eigenvalue weighted by Gasteiger charge is -2.19. The first-order valence-corrected chi connectivity index (χ1v) is 5.77. The van der Waals surface area contributed by atoms with Gasteiger partial charge in [-0.2, -0.15) is 0 Å². The fraction of sp³-hybridized carbons (Fsp3) is 0.417. The molecule has 0 saturated heterocycles. The fourth-order valence-electron chi connectivity index (χ4n) is 2.16. The van der Waals surface area contributed by atoms with Crippen molar-refractivity contribution in [2.75, 3.05) is 0 Å². The predicted octanol–water partition coefficient (Wildman–Crippen LogP) is 2.30. The summed E-state index contributed by atoms with van der Waals surface area (Å²) >= 11 is 6.15. The average molecular weight is 240 g/mol. The fourth-order valence-corrected chi connectivity index (χ4v) is 2.50. The number of hydrogen-bond donors (Lipinski definition) is 2. The van der Waals surface area contributed by atoms with Crippen LogP contribution in [0.4, 0.5) is 0 Å². The highest BCUT2D eigenvalue weighted by atomic mass is 35.5. The van der Waals surface area contributed by atoms with Gasteiger partial charge in [-0.3, -0.25) is 4.79 Å². The van der Waals surface area contributed by atoms with Crippen molar-refractivity contribution >= 4 is 17.6 Å². The predicted molar refractivity (Wildman–Crippen MR) is 62.7 cm³/mol. The van der Waals surface area contributed by atoms with Crippen LogP contribution in [0.1, 0.15) is 35.6 Å². The standard InChI is InChI=1S/C12H14ClNO2/c13-10-6-8(11(14)12(15)16)5-7-3-1-2-4-9(7)10/h5-6,11H,1-4,14H2,(H,15,16). The van der Waals surface area contributed by atoms with Crippen LogP contribution in [0, 0.1) is 0 Å². The topological polar surface area (TPSA) is 63.3 Å². The summed E-state index contributed by atoms with van der Waals surface area (Å²) < 4.78 is 0. The number of aryl methyl sites for hydroxylation is 1. The van der Waals surface area contributed by atoms with Gasteiger partial charge >= 0.3 is 5.97 Å². The molecule has 3 N–H and O–H groups in total. The molecule has 4 heteroatoms. The van der Waals surface area contributed by atoms with Crippen molar-refractivity contribution in [1.29, 1.82) is 0 Å². The van der Waals surface area contributed by atoms with Crippen molar-refractivity contribution in [2.45, 2.75) is 31.7 Å². The third-order valence-electron chi connectivity index (χ3n) is 3.06. The largest absolute Gasteiger partial charge is 0.480 e. The third kappa shape index (κ3) is 2.06. The molecule has 1 atom stereocenters. The molecule has 86 valence electrons. The Labute approximate surface area is 99.2 Å². The molecule has 0 bridgehead atoms. The molecular formula is C12H14ClNO2. The van der Waals surface area contributed by atoms with E-state index in [0.29, 0.717) is 10.6 Å². The zero-order valence-electron chi connectivity index (χ0n) is 8.87. The van der Waals surface area contributed by atoms with Crippen LogP contribution in [-0.2, 0) is 17.6 Å². The molecule has 0 aromatic heterocycles. The van der Waals surface area contributed by atoms with Gasteiger partial charge in [-0.15, -0.1) is 0 Å². The molecule has 1 aliphatic carbocycles. The van der Waals surface area contributed by atoms with Crippen molar-refractivity contribution in [2.24, 2.45) is 5.73 Å². The van der Waals surface area contributed by atoms with Crippen LogP contribution in [-0.4, -0.2) is 11.1 Å². The summed E-state index contributed by atoms with van der Waals surface area (Å²) in [6.45, 7) is 0. The minimum Gasteiger partial charge on any atom is -0.480 e. The van der Waals surface area contributed by atoms with Crippen LogP contribution in [0.15, 0.2) is 12.1 Å². The number of hydrogen-bond acceptors (Lipinski definition) is 2. The first kappa shape index (κ1) is 11.4. The molecule has 3 nitrogen and oxygen atoms in total. The second-order valence-electron chi connectivity index (χ2n) is 4.16. The number of rotatable bonds is 2. The van der Waals surface area contributed by atoms with Gasteiger partial charge in [0.05, 0.1) is 0 Å². The average Bonchev–Trinajstić information content (AvgIpc) is 2.28. The minimum absolute atomic E-state index is 0.596. The number of aliphatic carboxylic acids is 1. The SMILES string of the molecule is NC(C(=O)O)c1cc(Cl)c2c(c1)CCCC2. The Morgan fingerprint density at radius 3 is 2.75 bits per heavy atom. The van der Waals surface area contributed by atoms with E-state index in [1.807, 2.05) is 6.07 Å². The summed E-state index contributed by atoms with van der Waals surface area (Å²) in [5.74, 6) is -1.02. The molecule has 0 aliphatic heterocycles. The lowest BCUT2D eigenvalue weighted by atomic mass is 9.89. The minimum atomic E-state index is -1.02. The van der Waals surface area contributed by atoms with Gasteiger partial charge < -0.3 is 10.8 Å². The molecule has 16 heavy (non-hydrogen) atoms. The maximum atomic E-state index is 10.8. The summed E-state index contributed by atoms with van der Waals surface area (Å²) in [5.41, 5.74) is 8.50. The van der Waals surface area contributed by atoms with Crippen molar-refractivity contribution in [3.63, 3.8) is 0 Å². The number of carboxylic acids is 1. The van der Waals surface area contributed by atoms with Crippen LogP contribution in [0.3, 0.4) is 0 Å². The molecular weight excluding hydrogens is 226 g/mol. The Morgan fingerprint density at radius 2 is 2.06 bits per heavy atom. The van der Waals surface area contributed by atoms with Gasteiger partial charge in [0.2, 0.25) is 0 Å². The van der Waals surface area contributed by atoms with Crippen molar-refractivity contribution in [1.82, 2.24) is 0 Å². The van der Waals surface area contributed by atoms with Crippen LogP contribution in [0.25, 0.3) is 0 Å². The second-order valence-corrected chi connectivity index (χ2v) is 4.57. The van der Waals surface area contributed by atoms with E-state index in [1.165, 1.54) is 0 Å². The van der Waals surface area contributed by atoms with E-state index in [4.69, 9.17) is 22.4 Å². The normalized spacial score (nSPS) is 16.6. The van der Waals surface area contributed by atoms with E-state index in [-0.39, 0.29) is 0 Å². The van der Waals surface area contributed by atoms with E-state index >= 15 is 0 Å². The van der Waals surface area contributed by atoms with Crippen molar-refractivity contribution < 1.29 is 9.90 Å². The summed E-state index contributed by atoms with van der Waals surface area (Å²) in [5, 5.41) is 9.52. The maximum Gasteiger partial charge on any atom is 0.325 e. The van der Waals surface area contributed by atoms with Crippen LogP contribution in [0.5, 0.6) is 0 Å². The Kier molecular flexibility index (Phi) is 3.17. The van der Waals surface area contributed by atoms with E-state index in [1.54, 1.807) is 6.07 Å². The maximum absolute atomic E-state index is 10.8. The lowest BCUT2D eigenvalue weighted by molar-refractivity contribution is -0.138. The summed E-state index contributed by atoms with van der Waals surface area (Å²) in [4.78, 5) is 10.8. The van der Waals surface area contributed by atoms with E-state index in [2.05, 4.69) is 0 Å². The second kappa shape index (κ2) is 4.44. The van der Waals surface area contributed by atoms with Crippen LogP contribution >= 0.6 is 11.6 Å². The van der Waals surface area contributed by atoms with E-state index in [9.17, 15) is 4.79 Å². The molecule has 1 aromatic carbocycles. The number of benzene rings is 1. The quantitative estimate of drug-likeness (QED) is 0.833. The highest BCUT2D eigenvalue weighted by Gasteiger charge is 2.19. The van der Waals surface area contributed by atoms with Crippen LogP contribution < -0.4 is 5.73 Å². The van der Waals surface area contributed by atoms with Gasteiger partial charge in [0, 0.05) is 5.02 Å². The van der Waals surface area contributed by atoms with Gasteiger partial charge in [0.25, 0.3) is 0 Å². The van der Waals surface area contributed by atoms with Gasteiger partial charge in [-0.05, 0) is 48.4 Å². The number of fused-ring (bicyclic) bond motifs is 1. The summed E-state index contributed by atoms with van der Waals surface area (Å²) in [7, 11) is 0. The smallest absolute Gasteiger partial charge is 0.325 e. The molecule has 1 aliphatic rings. The van der Waals surface area contributed by atoms with Gasteiger partial charge in [-0.25, -0.2) is 0 Å². The monoisotopic (exact) mass is 239 g/mol. The molecule has 0 radical (unpaired) electrons. The van der Waals surface area contributed by atoms with E-state index in [0.717, 1.165) is 36.8 Å². The first-order valence-electron chi connectivity index (χ1n) is 5.39. The Balaban J connectivity index is 2.42. The molecule has 0 spiro atoms. The number of nitrogens with two attached hydrogens (primary N) is 1. The molecule has 0 saturated carbocycles.